The second kappa shape index (κ2) is 4.53. The molecule has 0 spiro atoms. The van der Waals surface area contributed by atoms with E-state index in [9.17, 15) is 9.90 Å². The van der Waals surface area contributed by atoms with E-state index in [2.05, 4.69) is 15.1 Å². The van der Waals surface area contributed by atoms with Crippen LogP contribution in [0.25, 0.3) is 16.0 Å². The molecule has 0 aromatic carbocycles. The summed E-state index contributed by atoms with van der Waals surface area (Å²) in [4.78, 5) is 20.4. The Balaban J connectivity index is 2.33. The summed E-state index contributed by atoms with van der Waals surface area (Å²) in [6.07, 6.45) is 3.04. The normalized spacial score (nSPS) is 11.2. The van der Waals surface area contributed by atoms with Crippen LogP contribution < -0.4 is 0 Å². The van der Waals surface area contributed by atoms with Gasteiger partial charge in [-0.05, 0) is 19.4 Å². The number of rotatable bonds is 2. The van der Waals surface area contributed by atoms with Crippen molar-refractivity contribution in [1.29, 1.82) is 0 Å². The summed E-state index contributed by atoms with van der Waals surface area (Å²) in [7, 11) is 0. The van der Waals surface area contributed by atoms with E-state index in [0.717, 1.165) is 11.3 Å². The Labute approximate surface area is 122 Å². The maximum absolute atomic E-state index is 11.2. The Morgan fingerprint density at radius 2 is 2.15 bits per heavy atom. The quantitative estimate of drug-likeness (QED) is 0.787. The van der Waals surface area contributed by atoms with Gasteiger partial charge in [0, 0.05) is 0 Å². The first kappa shape index (κ1) is 13.0. The number of hydrogen-bond acceptors (Lipinski definition) is 5. The molecule has 0 radical (unpaired) electrons. The van der Waals surface area contributed by atoms with Gasteiger partial charge in [0.1, 0.15) is 16.0 Å². The van der Waals surface area contributed by atoms with Crippen molar-refractivity contribution >= 4 is 39.1 Å². The number of halogens is 1. The van der Waals surface area contributed by atoms with Gasteiger partial charge in [0.05, 0.1) is 22.3 Å². The molecule has 3 aromatic heterocycles. The summed E-state index contributed by atoms with van der Waals surface area (Å²) < 4.78 is 1.55. The lowest BCUT2D eigenvalue weighted by atomic mass is 10.2. The Hall–Kier alpha value is -1.99. The fraction of sp³-hybridized carbons (Fsp3) is 0.167. The Kier molecular flexibility index (Phi) is 2.95. The summed E-state index contributed by atoms with van der Waals surface area (Å²) >= 11 is 7.13. The highest BCUT2D eigenvalue weighted by Crippen LogP contribution is 2.32. The molecule has 0 bridgehead atoms. The molecule has 20 heavy (non-hydrogen) atoms. The highest BCUT2D eigenvalue weighted by molar-refractivity contribution is 7.20. The first-order chi connectivity index (χ1) is 9.49. The lowest BCUT2D eigenvalue weighted by Crippen LogP contribution is -2.01. The van der Waals surface area contributed by atoms with Gasteiger partial charge < -0.3 is 5.11 Å². The second-order valence-corrected chi connectivity index (χ2v) is 5.65. The van der Waals surface area contributed by atoms with Crippen LogP contribution in [-0.4, -0.2) is 30.8 Å². The summed E-state index contributed by atoms with van der Waals surface area (Å²) in [5, 5.41) is 14.7. The number of aromatic carboxylic acids is 1. The van der Waals surface area contributed by atoms with Crippen LogP contribution in [0.1, 0.15) is 20.9 Å². The molecule has 6 nitrogen and oxygen atoms in total. The maximum Gasteiger partial charge on any atom is 0.346 e. The summed E-state index contributed by atoms with van der Waals surface area (Å²) in [5.41, 5.74) is 1.32. The van der Waals surface area contributed by atoms with Crippen molar-refractivity contribution in [2.24, 2.45) is 0 Å². The van der Waals surface area contributed by atoms with E-state index >= 15 is 0 Å². The average molecular weight is 309 g/mol. The highest BCUT2D eigenvalue weighted by Gasteiger charge is 2.20. The molecule has 0 aliphatic heterocycles. The Morgan fingerprint density at radius 3 is 2.75 bits per heavy atom. The van der Waals surface area contributed by atoms with Gasteiger partial charge in [-0.1, -0.05) is 11.6 Å². The van der Waals surface area contributed by atoms with Gasteiger partial charge in [0.25, 0.3) is 0 Å². The minimum absolute atomic E-state index is 0.261. The van der Waals surface area contributed by atoms with E-state index in [-0.39, 0.29) is 4.88 Å². The van der Waals surface area contributed by atoms with Crippen molar-refractivity contribution in [3.05, 3.63) is 33.7 Å². The summed E-state index contributed by atoms with van der Waals surface area (Å²) in [6.45, 7) is 3.54. The minimum Gasteiger partial charge on any atom is -0.477 e. The molecule has 3 heterocycles. The number of carbonyl (C=O) groups is 1. The van der Waals surface area contributed by atoms with Crippen LogP contribution in [0.15, 0.2) is 12.5 Å². The van der Waals surface area contributed by atoms with Gasteiger partial charge in [-0.2, -0.15) is 5.10 Å². The fourth-order valence-electron chi connectivity index (χ4n) is 1.98. The van der Waals surface area contributed by atoms with Crippen LogP contribution in [0.3, 0.4) is 0 Å². The van der Waals surface area contributed by atoms with Crippen LogP contribution in [0, 0.1) is 13.8 Å². The predicted octanol–water partition coefficient (Wildman–Crippen LogP) is 2.85. The molecule has 0 fully saturated rings. The molecule has 0 aliphatic carbocycles. The third-order valence-corrected chi connectivity index (χ3v) is 4.52. The lowest BCUT2D eigenvalue weighted by molar-refractivity contribution is 0.0701. The third kappa shape index (κ3) is 1.86. The average Bonchev–Trinajstić information content (AvgIpc) is 2.91. The van der Waals surface area contributed by atoms with Crippen molar-refractivity contribution in [2.75, 3.05) is 0 Å². The van der Waals surface area contributed by atoms with E-state index < -0.39 is 5.97 Å². The smallest absolute Gasteiger partial charge is 0.346 e. The number of carboxylic acid groups (broad SMARTS) is 1. The Morgan fingerprint density at radius 1 is 1.40 bits per heavy atom. The SMILES string of the molecule is Cc1nn(-c2ncnc3sc(C(=O)O)c(C)c23)cc1Cl. The third-order valence-electron chi connectivity index (χ3n) is 2.96. The molecule has 0 atom stereocenters. The molecular formula is C12H9ClN4O2S. The highest BCUT2D eigenvalue weighted by atomic mass is 35.5. The van der Waals surface area contributed by atoms with E-state index in [1.165, 1.54) is 6.33 Å². The van der Waals surface area contributed by atoms with E-state index in [1.54, 1.807) is 24.7 Å². The van der Waals surface area contributed by atoms with Crippen molar-refractivity contribution in [1.82, 2.24) is 19.7 Å². The molecule has 0 saturated heterocycles. The monoisotopic (exact) mass is 308 g/mol. The molecule has 0 unspecified atom stereocenters. The zero-order valence-electron chi connectivity index (χ0n) is 10.6. The molecule has 0 amide bonds. The van der Waals surface area contributed by atoms with E-state index in [1.807, 2.05) is 0 Å². The summed E-state index contributed by atoms with van der Waals surface area (Å²) in [6, 6.07) is 0. The number of fused-ring (bicyclic) bond motifs is 1. The number of aromatic nitrogens is 4. The molecule has 1 N–H and O–H groups in total. The van der Waals surface area contributed by atoms with Crippen LogP contribution in [0.4, 0.5) is 0 Å². The van der Waals surface area contributed by atoms with E-state index in [4.69, 9.17) is 11.6 Å². The molecule has 8 heteroatoms. The van der Waals surface area contributed by atoms with Gasteiger partial charge in [-0.25, -0.2) is 19.4 Å². The van der Waals surface area contributed by atoms with Crippen molar-refractivity contribution in [2.45, 2.75) is 13.8 Å². The largest absolute Gasteiger partial charge is 0.477 e. The van der Waals surface area contributed by atoms with Gasteiger partial charge in [-0.15, -0.1) is 11.3 Å². The molecule has 0 saturated carbocycles. The number of carboxylic acids is 1. The van der Waals surface area contributed by atoms with Gasteiger partial charge >= 0.3 is 5.97 Å². The topological polar surface area (TPSA) is 80.9 Å². The first-order valence-electron chi connectivity index (χ1n) is 5.68. The number of nitrogens with zero attached hydrogens (tertiary/aromatic N) is 4. The maximum atomic E-state index is 11.2. The van der Waals surface area contributed by atoms with Gasteiger partial charge in [-0.3, -0.25) is 0 Å². The first-order valence-corrected chi connectivity index (χ1v) is 6.88. The number of hydrogen-bond donors (Lipinski definition) is 1. The van der Waals surface area contributed by atoms with Crippen LogP contribution >= 0.6 is 22.9 Å². The molecular weight excluding hydrogens is 300 g/mol. The number of thiophene rings is 1. The van der Waals surface area contributed by atoms with Crippen LogP contribution in [0.2, 0.25) is 5.02 Å². The van der Waals surface area contributed by atoms with Crippen molar-refractivity contribution in [3.8, 4) is 5.82 Å². The number of aryl methyl sites for hydroxylation is 2. The van der Waals surface area contributed by atoms with Gasteiger partial charge in [0.15, 0.2) is 5.82 Å². The fourth-order valence-corrected chi connectivity index (χ4v) is 3.09. The molecule has 3 rings (SSSR count). The zero-order valence-corrected chi connectivity index (χ0v) is 12.2. The Bertz CT molecular complexity index is 820. The molecule has 102 valence electrons. The van der Waals surface area contributed by atoms with E-state index in [0.29, 0.717) is 32.3 Å². The molecule has 0 aliphatic rings. The zero-order chi connectivity index (χ0) is 14.4. The predicted molar refractivity (Wildman–Crippen MR) is 76.0 cm³/mol. The minimum atomic E-state index is -0.967. The van der Waals surface area contributed by atoms with Gasteiger partial charge in [0.2, 0.25) is 0 Å². The van der Waals surface area contributed by atoms with Crippen molar-refractivity contribution < 1.29 is 9.90 Å². The summed E-state index contributed by atoms with van der Waals surface area (Å²) in [5.74, 6) is -0.433. The standard InChI is InChI=1S/C12H9ClN4O2S/c1-5-8-10(17-3-7(13)6(2)16-17)14-4-15-11(8)20-9(5)12(18)19/h3-4H,1-2H3,(H,18,19). The molecule has 3 aromatic rings. The van der Waals surface area contributed by atoms with Crippen LogP contribution in [-0.2, 0) is 0 Å². The second-order valence-electron chi connectivity index (χ2n) is 4.25. The lowest BCUT2D eigenvalue weighted by Gasteiger charge is -2.02. The van der Waals surface area contributed by atoms with Crippen molar-refractivity contribution in [3.63, 3.8) is 0 Å². The van der Waals surface area contributed by atoms with Crippen LogP contribution in [0.5, 0.6) is 0 Å².